The number of rotatable bonds is 2. The average molecular weight is 444 g/mol. The van der Waals surface area contributed by atoms with E-state index in [4.69, 9.17) is 4.74 Å². The maximum Gasteiger partial charge on any atom is 0.410 e. The number of amides is 1. The SMILES string of the molecule is CC(C)(C)OC(=O)N1CCC(O)(Cn2cnc3c(Br)csc3c2=O)CC1. The fourth-order valence-electron chi connectivity index (χ4n) is 2.93. The largest absolute Gasteiger partial charge is 0.444 e. The summed E-state index contributed by atoms with van der Waals surface area (Å²) in [5.41, 5.74) is -1.11. The van der Waals surface area contributed by atoms with E-state index in [1.807, 2.05) is 26.2 Å². The zero-order valence-electron chi connectivity index (χ0n) is 15.0. The normalized spacial score (nSPS) is 17.5. The zero-order chi connectivity index (χ0) is 19.1. The van der Waals surface area contributed by atoms with Crippen LogP contribution in [0, 0.1) is 0 Å². The number of aliphatic hydroxyl groups is 1. The van der Waals surface area contributed by atoms with Gasteiger partial charge in [-0.2, -0.15) is 0 Å². The Kier molecular flexibility index (Phi) is 5.15. The van der Waals surface area contributed by atoms with Crippen LogP contribution < -0.4 is 5.56 Å². The molecule has 0 unspecified atom stereocenters. The van der Waals surface area contributed by atoms with E-state index in [9.17, 15) is 14.7 Å². The summed E-state index contributed by atoms with van der Waals surface area (Å²) in [5.74, 6) is 0. The first-order chi connectivity index (χ1) is 12.1. The molecule has 3 heterocycles. The van der Waals surface area contributed by atoms with Crippen molar-refractivity contribution in [3.05, 3.63) is 26.5 Å². The van der Waals surface area contributed by atoms with Crippen LogP contribution in [0.5, 0.6) is 0 Å². The van der Waals surface area contributed by atoms with Gasteiger partial charge in [0.25, 0.3) is 5.56 Å². The van der Waals surface area contributed by atoms with E-state index in [2.05, 4.69) is 20.9 Å². The number of ether oxygens (including phenoxy) is 1. The number of hydrogen-bond acceptors (Lipinski definition) is 6. The number of halogens is 1. The number of carbonyl (C=O) groups is 1. The van der Waals surface area contributed by atoms with Gasteiger partial charge in [-0.1, -0.05) is 0 Å². The molecular formula is C17H22BrN3O4S. The lowest BCUT2D eigenvalue weighted by Crippen LogP contribution is -2.50. The summed E-state index contributed by atoms with van der Waals surface area (Å²) in [4.78, 5) is 30.7. The number of fused-ring (bicyclic) bond motifs is 1. The van der Waals surface area contributed by atoms with E-state index in [1.165, 1.54) is 22.2 Å². The molecule has 1 saturated heterocycles. The first-order valence-corrected chi connectivity index (χ1v) is 10.1. The standard InChI is InChI=1S/C17H22BrN3O4S/c1-16(2,3)25-15(23)20-6-4-17(24,5-7-20)9-21-10-19-12-11(18)8-26-13(12)14(21)22/h8,10,24H,4-7,9H2,1-3H3. The van der Waals surface area contributed by atoms with E-state index < -0.39 is 11.2 Å². The quantitative estimate of drug-likeness (QED) is 0.770. The van der Waals surface area contributed by atoms with Gasteiger partial charge in [0, 0.05) is 18.5 Å². The minimum absolute atomic E-state index is 0.159. The number of nitrogens with zero attached hydrogens (tertiary/aromatic N) is 3. The molecule has 26 heavy (non-hydrogen) atoms. The molecular weight excluding hydrogens is 422 g/mol. The highest BCUT2D eigenvalue weighted by atomic mass is 79.9. The number of piperidine rings is 1. The van der Waals surface area contributed by atoms with Crippen LogP contribution >= 0.6 is 27.3 Å². The van der Waals surface area contributed by atoms with Crippen LogP contribution in [0.3, 0.4) is 0 Å². The van der Waals surface area contributed by atoms with E-state index in [-0.39, 0.29) is 18.2 Å². The Balaban J connectivity index is 1.69. The molecule has 0 radical (unpaired) electrons. The van der Waals surface area contributed by atoms with Gasteiger partial charge in [0.2, 0.25) is 0 Å². The first-order valence-electron chi connectivity index (χ1n) is 8.40. The van der Waals surface area contributed by atoms with Crippen molar-refractivity contribution in [3.63, 3.8) is 0 Å². The molecule has 1 amide bonds. The Morgan fingerprint density at radius 1 is 1.42 bits per heavy atom. The zero-order valence-corrected chi connectivity index (χ0v) is 17.4. The topological polar surface area (TPSA) is 84.7 Å². The van der Waals surface area contributed by atoms with E-state index in [1.54, 1.807) is 4.90 Å². The Bertz CT molecular complexity index is 878. The van der Waals surface area contributed by atoms with Crippen LogP contribution in [0.25, 0.3) is 10.2 Å². The number of aromatic nitrogens is 2. The predicted octanol–water partition coefficient (Wildman–Crippen LogP) is 2.98. The Morgan fingerprint density at radius 2 is 2.08 bits per heavy atom. The summed E-state index contributed by atoms with van der Waals surface area (Å²) in [6.07, 6.45) is 1.86. The van der Waals surface area contributed by atoms with Crippen molar-refractivity contribution in [1.82, 2.24) is 14.5 Å². The number of likely N-dealkylation sites (tertiary alicyclic amines) is 1. The molecule has 0 atom stereocenters. The fourth-order valence-corrected chi connectivity index (χ4v) is 4.47. The second-order valence-corrected chi connectivity index (χ2v) is 9.36. The third kappa shape index (κ3) is 4.10. The van der Waals surface area contributed by atoms with Crippen molar-refractivity contribution in [1.29, 1.82) is 0 Å². The third-order valence-corrected chi connectivity index (χ3v) is 6.18. The minimum Gasteiger partial charge on any atom is -0.444 e. The first kappa shape index (κ1) is 19.3. The average Bonchev–Trinajstić information content (AvgIpc) is 2.91. The van der Waals surface area contributed by atoms with Gasteiger partial charge in [0.1, 0.15) is 15.8 Å². The Morgan fingerprint density at radius 3 is 2.69 bits per heavy atom. The van der Waals surface area contributed by atoms with Crippen LogP contribution in [0.1, 0.15) is 33.6 Å². The highest BCUT2D eigenvalue weighted by Crippen LogP contribution is 2.27. The van der Waals surface area contributed by atoms with Gasteiger partial charge in [-0.3, -0.25) is 9.36 Å². The monoisotopic (exact) mass is 443 g/mol. The van der Waals surface area contributed by atoms with Crippen LogP contribution in [0.15, 0.2) is 21.0 Å². The van der Waals surface area contributed by atoms with Crippen molar-refractivity contribution in [2.75, 3.05) is 13.1 Å². The molecule has 0 aromatic carbocycles. The molecule has 1 aliphatic heterocycles. The van der Waals surface area contributed by atoms with E-state index in [0.717, 1.165) is 4.47 Å². The van der Waals surface area contributed by atoms with Crippen molar-refractivity contribution in [2.24, 2.45) is 0 Å². The van der Waals surface area contributed by atoms with Gasteiger partial charge < -0.3 is 14.7 Å². The summed E-state index contributed by atoms with van der Waals surface area (Å²) in [6, 6.07) is 0. The second-order valence-electron chi connectivity index (χ2n) is 7.63. The molecule has 0 spiro atoms. The number of hydrogen-bond donors (Lipinski definition) is 1. The van der Waals surface area contributed by atoms with Crippen molar-refractivity contribution >= 4 is 43.6 Å². The Labute approximate surface area is 163 Å². The molecule has 0 saturated carbocycles. The van der Waals surface area contributed by atoms with Gasteiger partial charge in [-0.25, -0.2) is 9.78 Å². The van der Waals surface area contributed by atoms with Gasteiger partial charge in [0.15, 0.2) is 0 Å². The van der Waals surface area contributed by atoms with E-state index in [0.29, 0.717) is 36.1 Å². The lowest BCUT2D eigenvalue weighted by atomic mass is 9.91. The molecule has 1 fully saturated rings. The maximum absolute atomic E-state index is 12.6. The molecule has 2 aromatic heterocycles. The molecule has 1 N–H and O–H groups in total. The lowest BCUT2D eigenvalue weighted by molar-refractivity contribution is -0.0419. The van der Waals surface area contributed by atoms with Crippen molar-refractivity contribution in [2.45, 2.75) is 51.4 Å². The fraction of sp³-hybridized carbons (Fsp3) is 0.588. The van der Waals surface area contributed by atoms with Crippen LogP contribution in [0.4, 0.5) is 4.79 Å². The third-order valence-electron chi connectivity index (χ3n) is 4.31. The van der Waals surface area contributed by atoms with Gasteiger partial charge in [-0.15, -0.1) is 11.3 Å². The summed E-state index contributed by atoms with van der Waals surface area (Å²) in [5, 5.41) is 12.7. The molecule has 0 aliphatic carbocycles. The number of thiophene rings is 1. The van der Waals surface area contributed by atoms with Gasteiger partial charge in [-0.05, 0) is 49.5 Å². The molecule has 142 valence electrons. The summed E-state index contributed by atoms with van der Waals surface area (Å²) in [6.45, 7) is 6.41. The summed E-state index contributed by atoms with van der Waals surface area (Å²) >= 11 is 4.71. The van der Waals surface area contributed by atoms with Gasteiger partial charge in [0.05, 0.1) is 22.9 Å². The maximum atomic E-state index is 12.6. The van der Waals surface area contributed by atoms with Crippen molar-refractivity contribution < 1.29 is 14.6 Å². The molecule has 9 heteroatoms. The highest BCUT2D eigenvalue weighted by molar-refractivity contribution is 9.10. The molecule has 0 bridgehead atoms. The summed E-state index contributed by atoms with van der Waals surface area (Å²) in [7, 11) is 0. The Hall–Kier alpha value is -1.45. The van der Waals surface area contributed by atoms with Crippen molar-refractivity contribution in [3.8, 4) is 0 Å². The second kappa shape index (κ2) is 6.94. The molecule has 7 nitrogen and oxygen atoms in total. The lowest BCUT2D eigenvalue weighted by Gasteiger charge is -2.38. The molecule has 2 aromatic rings. The van der Waals surface area contributed by atoms with Gasteiger partial charge >= 0.3 is 6.09 Å². The minimum atomic E-state index is -1.05. The summed E-state index contributed by atoms with van der Waals surface area (Å²) < 4.78 is 8.18. The molecule has 3 rings (SSSR count). The highest BCUT2D eigenvalue weighted by Gasteiger charge is 2.36. The van der Waals surface area contributed by atoms with Crippen LogP contribution in [-0.4, -0.2) is 49.9 Å². The number of carbonyl (C=O) groups excluding carboxylic acids is 1. The van der Waals surface area contributed by atoms with Crippen LogP contribution in [-0.2, 0) is 11.3 Å². The van der Waals surface area contributed by atoms with Crippen LogP contribution in [0.2, 0.25) is 0 Å². The molecule has 1 aliphatic rings. The smallest absolute Gasteiger partial charge is 0.410 e. The van der Waals surface area contributed by atoms with E-state index >= 15 is 0 Å². The predicted molar refractivity (Wildman–Crippen MR) is 104 cm³/mol.